The first-order valence-corrected chi connectivity index (χ1v) is 8.58. The molecule has 1 aromatic rings. The van der Waals surface area contributed by atoms with Crippen molar-refractivity contribution in [1.29, 1.82) is 0 Å². The zero-order valence-electron chi connectivity index (χ0n) is 13.0. The van der Waals surface area contributed by atoms with Gasteiger partial charge in [-0.1, -0.05) is 40.5 Å². The Bertz CT molecular complexity index is 422. The number of hydrogen-bond acceptors (Lipinski definition) is 3. The number of nitrogens with one attached hydrogen (secondary N) is 1. The van der Waals surface area contributed by atoms with Crippen molar-refractivity contribution in [3.8, 4) is 0 Å². The van der Waals surface area contributed by atoms with Crippen molar-refractivity contribution in [3.63, 3.8) is 0 Å². The Hall–Kier alpha value is -0.410. The van der Waals surface area contributed by atoms with Crippen LogP contribution in [-0.4, -0.2) is 11.5 Å². The van der Waals surface area contributed by atoms with E-state index in [1.807, 2.05) is 11.3 Å². The molecule has 0 aliphatic heterocycles. The van der Waals surface area contributed by atoms with Crippen LogP contribution in [0, 0.1) is 18.8 Å². The number of rotatable bonds is 4. The van der Waals surface area contributed by atoms with Crippen LogP contribution >= 0.6 is 11.3 Å². The van der Waals surface area contributed by atoms with E-state index in [9.17, 15) is 0 Å². The quantitative estimate of drug-likeness (QED) is 0.890. The summed E-state index contributed by atoms with van der Waals surface area (Å²) in [5.41, 5.74) is 1.41. The van der Waals surface area contributed by atoms with Crippen LogP contribution in [0.4, 0.5) is 0 Å². The normalized spacial score (nSPS) is 31.6. The van der Waals surface area contributed by atoms with Crippen molar-refractivity contribution in [2.45, 2.75) is 65.8 Å². The molecular weight excluding hydrogens is 252 g/mol. The first kappa shape index (κ1) is 15.0. The fourth-order valence-corrected chi connectivity index (χ4v) is 4.85. The highest BCUT2D eigenvalue weighted by atomic mass is 32.1. The zero-order chi connectivity index (χ0) is 14.0. The molecule has 3 heteroatoms. The van der Waals surface area contributed by atoms with E-state index in [4.69, 9.17) is 4.98 Å². The molecule has 1 aliphatic carbocycles. The van der Waals surface area contributed by atoms with Crippen molar-refractivity contribution >= 4 is 11.3 Å². The van der Waals surface area contributed by atoms with Gasteiger partial charge in [-0.25, -0.2) is 4.98 Å². The second-order valence-electron chi connectivity index (χ2n) is 6.04. The van der Waals surface area contributed by atoms with Gasteiger partial charge in [-0.15, -0.1) is 11.3 Å². The molecule has 3 unspecified atom stereocenters. The van der Waals surface area contributed by atoms with Crippen molar-refractivity contribution in [3.05, 3.63) is 15.6 Å². The van der Waals surface area contributed by atoms with Gasteiger partial charge in [0.2, 0.25) is 0 Å². The number of aromatic nitrogens is 1. The van der Waals surface area contributed by atoms with Crippen molar-refractivity contribution in [1.82, 2.24) is 10.3 Å². The number of hydrogen-bond donors (Lipinski definition) is 1. The number of nitrogens with zero attached hydrogens (tertiary/aromatic N) is 1. The molecule has 0 radical (unpaired) electrons. The molecule has 19 heavy (non-hydrogen) atoms. The SMILES string of the molecule is CCNC1(c2nc(CC)c(C)s2)CCCC(C)C1C. The Balaban J connectivity index is 2.42. The van der Waals surface area contributed by atoms with Crippen LogP contribution in [0.1, 0.15) is 62.5 Å². The van der Waals surface area contributed by atoms with Crippen molar-refractivity contribution < 1.29 is 0 Å². The molecular formula is C16H28N2S. The molecule has 1 aromatic heterocycles. The smallest absolute Gasteiger partial charge is 0.114 e. The lowest BCUT2D eigenvalue weighted by atomic mass is 9.68. The maximum atomic E-state index is 4.98. The highest BCUT2D eigenvalue weighted by molar-refractivity contribution is 7.11. The van der Waals surface area contributed by atoms with Crippen molar-refractivity contribution in [2.24, 2.45) is 11.8 Å². The van der Waals surface area contributed by atoms with Crippen LogP contribution < -0.4 is 5.32 Å². The third kappa shape index (κ3) is 2.59. The highest BCUT2D eigenvalue weighted by Gasteiger charge is 2.44. The molecule has 1 N–H and O–H groups in total. The lowest BCUT2D eigenvalue weighted by Gasteiger charge is -2.45. The third-order valence-electron chi connectivity index (χ3n) is 4.96. The topological polar surface area (TPSA) is 24.9 Å². The van der Waals surface area contributed by atoms with E-state index >= 15 is 0 Å². The van der Waals surface area contributed by atoms with E-state index in [2.05, 4.69) is 39.9 Å². The molecule has 1 aliphatic rings. The van der Waals surface area contributed by atoms with Gasteiger partial charge in [0.15, 0.2) is 0 Å². The van der Waals surface area contributed by atoms with Crippen LogP contribution in [0.2, 0.25) is 0 Å². The summed E-state index contributed by atoms with van der Waals surface area (Å²) < 4.78 is 0. The van der Waals surface area contributed by atoms with Gasteiger partial charge in [0.05, 0.1) is 11.2 Å². The fourth-order valence-electron chi connectivity index (χ4n) is 3.56. The molecule has 0 bridgehead atoms. The van der Waals surface area contributed by atoms with E-state index in [1.165, 1.54) is 34.8 Å². The molecule has 1 fully saturated rings. The summed E-state index contributed by atoms with van der Waals surface area (Å²) in [6.07, 6.45) is 4.97. The van der Waals surface area contributed by atoms with Gasteiger partial charge < -0.3 is 5.32 Å². The zero-order valence-corrected chi connectivity index (χ0v) is 13.9. The van der Waals surface area contributed by atoms with Gasteiger partial charge in [-0.2, -0.15) is 0 Å². The Morgan fingerprint density at radius 2 is 2.11 bits per heavy atom. The maximum absolute atomic E-state index is 4.98. The average Bonchev–Trinajstić information content (AvgIpc) is 2.77. The molecule has 1 heterocycles. The van der Waals surface area contributed by atoms with Crippen LogP contribution in [0.25, 0.3) is 0 Å². The first-order chi connectivity index (χ1) is 9.05. The standard InChI is InChI=1S/C16H28N2S/c1-6-14-13(5)19-15(18-14)16(17-7-2)10-8-9-11(3)12(16)4/h11-12,17H,6-10H2,1-5H3. The van der Waals surface area contributed by atoms with E-state index in [-0.39, 0.29) is 5.54 Å². The minimum absolute atomic E-state index is 0.120. The van der Waals surface area contributed by atoms with E-state index < -0.39 is 0 Å². The van der Waals surface area contributed by atoms with E-state index in [1.54, 1.807) is 0 Å². The average molecular weight is 280 g/mol. The molecule has 2 rings (SSSR count). The van der Waals surface area contributed by atoms with Gasteiger partial charge in [-0.05, 0) is 38.1 Å². The Morgan fingerprint density at radius 1 is 1.37 bits per heavy atom. The highest BCUT2D eigenvalue weighted by Crippen LogP contribution is 2.46. The summed E-state index contributed by atoms with van der Waals surface area (Å²) >= 11 is 1.92. The van der Waals surface area contributed by atoms with Gasteiger partial charge in [0.1, 0.15) is 5.01 Å². The third-order valence-corrected chi connectivity index (χ3v) is 6.15. The molecule has 0 aromatic carbocycles. The summed E-state index contributed by atoms with van der Waals surface area (Å²) in [6.45, 7) is 12.5. The van der Waals surface area contributed by atoms with Gasteiger partial charge in [0, 0.05) is 4.88 Å². The van der Waals surface area contributed by atoms with E-state index in [0.29, 0.717) is 5.92 Å². The second-order valence-corrected chi connectivity index (χ2v) is 7.24. The molecule has 108 valence electrons. The first-order valence-electron chi connectivity index (χ1n) is 7.77. The summed E-state index contributed by atoms with van der Waals surface area (Å²) in [5, 5.41) is 5.14. The second kappa shape index (κ2) is 5.92. The Morgan fingerprint density at radius 3 is 2.68 bits per heavy atom. The number of aryl methyl sites for hydroxylation is 2. The van der Waals surface area contributed by atoms with E-state index in [0.717, 1.165) is 18.9 Å². The predicted octanol–water partition coefficient (Wildman–Crippen LogP) is 4.27. The lowest BCUT2D eigenvalue weighted by molar-refractivity contribution is 0.105. The van der Waals surface area contributed by atoms with Crippen LogP contribution in [0.5, 0.6) is 0 Å². The monoisotopic (exact) mass is 280 g/mol. The molecule has 0 saturated heterocycles. The Labute approximate surface area is 122 Å². The summed E-state index contributed by atoms with van der Waals surface area (Å²) in [4.78, 5) is 6.39. The lowest BCUT2D eigenvalue weighted by Crippen LogP contribution is -2.51. The van der Waals surface area contributed by atoms with Gasteiger partial charge >= 0.3 is 0 Å². The van der Waals surface area contributed by atoms with Crippen LogP contribution in [0.15, 0.2) is 0 Å². The molecule has 2 nitrogen and oxygen atoms in total. The largest absolute Gasteiger partial charge is 0.305 e. The molecule has 0 amide bonds. The van der Waals surface area contributed by atoms with Gasteiger partial charge in [0.25, 0.3) is 0 Å². The van der Waals surface area contributed by atoms with Crippen LogP contribution in [-0.2, 0) is 12.0 Å². The van der Waals surface area contributed by atoms with Crippen molar-refractivity contribution in [2.75, 3.05) is 6.54 Å². The number of thiazole rings is 1. The predicted molar refractivity (Wildman–Crippen MR) is 83.8 cm³/mol. The minimum atomic E-state index is 0.120. The fraction of sp³-hybridized carbons (Fsp3) is 0.812. The summed E-state index contributed by atoms with van der Waals surface area (Å²) in [7, 11) is 0. The summed E-state index contributed by atoms with van der Waals surface area (Å²) in [6, 6.07) is 0. The molecule has 1 saturated carbocycles. The molecule has 0 spiro atoms. The molecule has 3 atom stereocenters. The minimum Gasteiger partial charge on any atom is -0.305 e. The Kier molecular flexibility index (Phi) is 4.67. The van der Waals surface area contributed by atoms with Gasteiger partial charge in [-0.3, -0.25) is 0 Å². The maximum Gasteiger partial charge on any atom is 0.114 e. The van der Waals surface area contributed by atoms with Crippen LogP contribution in [0.3, 0.4) is 0 Å². The summed E-state index contributed by atoms with van der Waals surface area (Å²) in [5.74, 6) is 1.44.